The van der Waals surface area contributed by atoms with Crippen LogP contribution in [-0.2, 0) is 11.2 Å². The van der Waals surface area contributed by atoms with Crippen molar-refractivity contribution in [2.75, 3.05) is 13.7 Å². The molecule has 0 fully saturated rings. The number of hydrogen-bond donors (Lipinski definition) is 2. The summed E-state index contributed by atoms with van der Waals surface area (Å²) in [6.45, 7) is 0.326. The monoisotopic (exact) mass is 157 g/mol. The summed E-state index contributed by atoms with van der Waals surface area (Å²) in [5, 5.41) is 19.1. The van der Waals surface area contributed by atoms with Crippen LogP contribution in [0.4, 0.5) is 0 Å². The lowest BCUT2D eigenvalue weighted by Gasteiger charge is -2.05. The van der Waals surface area contributed by atoms with E-state index in [0.717, 1.165) is 5.69 Å². The molecule has 1 aromatic rings. The van der Waals surface area contributed by atoms with E-state index in [1.807, 2.05) is 0 Å². The maximum atomic E-state index is 9.21. The standard InChI is InChI=1S/C6H11N3O2/c1-11-4-6(10)2-5-3-7-9-8-5/h3,6,10H,2,4H2,1H3,(H,7,8,9)/t6-/m1/s1. The summed E-state index contributed by atoms with van der Waals surface area (Å²) in [4.78, 5) is 0. The Bertz CT molecular complexity index is 188. The van der Waals surface area contributed by atoms with Crippen LogP contribution in [0.5, 0.6) is 0 Å². The van der Waals surface area contributed by atoms with Crippen molar-refractivity contribution < 1.29 is 9.84 Å². The van der Waals surface area contributed by atoms with Crippen LogP contribution in [0.2, 0.25) is 0 Å². The van der Waals surface area contributed by atoms with Gasteiger partial charge in [0.25, 0.3) is 0 Å². The van der Waals surface area contributed by atoms with Crippen LogP contribution in [0.1, 0.15) is 5.69 Å². The van der Waals surface area contributed by atoms with Crippen molar-refractivity contribution in [3.05, 3.63) is 11.9 Å². The first kappa shape index (κ1) is 8.16. The number of aliphatic hydroxyl groups is 1. The number of ether oxygens (including phenoxy) is 1. The van der Waals surface area contributed by atoms with Gasteiger partial charge in [-0.05, 0) is 0 Å². The number of hydrogen-bond acceptors (Lipinski definition) is 4. The first-order valence-electron chi connectivity index (χ1n) is 3.34. The van der Waals surface area contributed by atoms with Crippen molar-refractivity contribution in [3.8, 4) is 0 Å². The number of aliphatic hydroxyl groups excluding tert-OH is 1. The van der Waals surface area contributed by atoms with E-state index in [1.165, 1.54) is 0 Å². The van der Waals surface area contributed by atoms with E-state index in [2.05, 4.69) is 15.4 Å². The lowest BCUT2D eigenvalue weighted by molar-refractivity contribution is 0.0644. The molecule has 1 aromatic heterocycles. The SMILES string of the molecule is COC[C@H](O)Cc1cn[nH]n1. The Morgan fingerprint density at radius 3 is 3.18 bits per heavy atom. The van der Waals surface area contributed by atoms with Crippen molar-refractivity contribution in [2.24, 2.45) is 0 Å². The molecule has 0 bridgehead atoms. The Balaban J connectivity index is 2.31. The second kappa shape index (κ2) is 4.05. The van der Waals surface area contributed by atoms with Gasteiger partial charge in [-0.25, -0.2) is 0 Å². The van der Waals surface area contributed by atoms with Crippen LogP contribution in [-0.4, -0.2) is 40.3 Å². The fourth-order valence-corrected chi connectivity index (χ4v) is 0.816. The molecule has 0 amide bonds. The van der Waals surface area contributed by atoms with Crippen molar-refractivity contribution >= 4 is 0 Å². The molecule has 0 saturated carbocycles. The molecule has 1 heterocycles. The molecule has 5 nitrogen and oxygen atoms in total. The Morgan fingerprint density at radius 2 is 2.64 bits per heavy atom. The summed E-state index contributed by atoms with van der Waals surface area (Å²) < 4.78 is 4.74. The van der Waals surface area contributed by atoms with Crippen molar-refractivity contribution in [1.29, 1.82) is 0 Å². The van der Waals surface area contributed by atoms with Crippen LogP contribution in [0.25, 0.3) is 0 Å². The number of aromatic nitrogens is 3. The zero-order chi connectivity index (χ0) is 8.10. The minimum atomic E-state index is -0.495. The minimum Gasteiger partial charge on any atom is -0.390 e. The summed E-state index contributed by atoms with van der Waals surface area (Å²) in [6.07, 6.45) is 1.56. The molecular weight excluding hydrogens is 146 g/mol. The second-order valence-corrected chi connectivity index (χ2v) is 2.27. The van der Waals surface area contributed by atoms with Gasteiger partial charge in [0, 0.05) is 13.5 Å². The van der Waals surface area contributed by atoms with Gasteiger partial charge < -0.3 is 9.84 Å². The summed E-state index contributed by atoms with van der Waals surface area (Å²) in [5.74, 6) is 0. The molecule has 0 aliphatic rings. The number of nitrogens with one attached hydrogen (secondary N) is 1. The van der Waals surface area contributed by atoms with Gasteiger partial charge in [-0.15, -0.1) is 0 Å². The van der Waals surface area contributed by atoms with Gasteiger partial charge in [-0.1, -0.05) is 0 Å². The van der Waals surface area contributed by atoms with Crippen molar-refractivity contribution in [1.82, 2.24) is 15.4 Å². The number of aromatic amines is 1. The van der Waals surface area contributed by atoms with E-state index < -0.39 is 6.10 Å². The van der Waals surface area contributed by atoms with E-state index in [9.17, 15) is 5.11 Å². The maximum Gasteiger partial charge on any atom is 0.0851 e. The molecule has 5 heteroatoms. The topological polar surface area (TPSA) is 71.0 Å². The van der Waals surface area contributed by atoms with E-state index >= 15 is 0 Å². The predicted molar refractivity (Wildman–Crippen MR) is 38.0 cm³/mol. The lowest BCUT2D eigenvalue weighted by Crippen LogP contribution is -2.17. The summed E-state index contributed by atoms with van der Waals surface area (Å²) in [7, 11) is 1.55. The maximum absolute atomic E-state index is 9.21. The van der Waals surface area contributed by atoms with Crippen LogP contribution in [0, 0.1) is 0 Å². The predicted octanol–water partition coefficient (Wildman–Crippen LogP) is -0.646. The number of H-pyrrole nitrogens is 1. The number of methoxy groups -OCH3 is 1. The molecule has 1 atom stereocenters. The zero-order valence-electron chi connectivity index (χ0n) is 6.32. The summed E-state index contributed by atoms with van der Waals surface area (Å²) in [6, 6.07) is 0. The van der Waals surface area contributed by atoms with Crippen LogP contribution in [0.15, 0.2) is 6.20 Å². The van der Waals surface area contributed by atoms with Crippen LogP contribution < -0.4 is 0 Å². The molecule has 11 heavy (non-hydrogen) atoms. The number of rotatable bonds is 4. The Hall–Kier alpha value is -0.940. The molecule has 1 rings (SSSR count). The van der Waals surface area contributed by atoms with Gasteiger partial charge in [0.1, 0.15) is 0 Å². The fraction of sp³-hybridized carbons (Fsp3) is 0.667. The second-order valence-electron chi connectivity index (χ2n) is 2.27. The molecule has 0 unspecified atom stereocenters. The first-order chi connectivity index (χ1) is 5.33. The smallest absolute Gasteiger partial charge is 0.0851 e. The highest BCUT2D eigenvalue weighted by molar-refractivity contribution is 4.92. The molecule has 62 valence electrons. The van der Waals surface area contributed by atoms with Crippen molar-refractivity contribution in [3.63, 3.8) is 0 Å². The molecule has 2 N–H and O–H groups in total. The molecule has 0 spiro atoms. The molecule has 0 aliphatic heterocycles. The van der Waals surface area contributed by atoms with Gasteiger partial charge in [-0.3, -0.25) is 0 Å². The third kappa shape index (κ3) is 2.65. The largest absolute Gasteiger partial charge is 0.390 e. The van der Waals surface area contributed by atoms with Gasteiger partial charge in [0.15, 0.2) is 0 Å². The van der Waals surface area contributed by atoms with Gasteiger partial charge in [-0.2, -0.15) is 15.4 Å². The first-order valence-corrected chi connectivity index (χ1v) is 3.34. The van der Waals surface area contributed by atoms with Crippen molar-refractivity contribution in [2.45, 2.75) is 12.5 Å². The average Bonchev–Trinajstić information content (AvgIpc) is 2.40. The van der Waals surface area contributed by atoms with E-state index in [4.69, 9.17) is 4.74 Å². The lowest BCUT2D eigenvalue weighted by atomic mass is 10.2. The fourth-order valence-electron chi connectivity index (χ4n) is 0.816. The zero-order valence-corrected chi connectivity index (χ0v) is 6.32. The highest BCUT2D eigenvalue weighted by atomic mass is 16.5. The molecule has 0 aliphatic carbocycles. The quantitative estimate of drug-likeness (QED) is 0.609. The molecule has 0 radical (unpaired) electrons. The normalized spacial score (nSPS) is 13.3. The third-order valence-electron chi connectivity index (χ3n) is 1.27. The third-order valence-corrected chi connectivity index (χ3v) is 1.27. The highest BCUT2D eigenvalue weighted by Gasteiger charge is 2.05. The summed E-state index contributed by atoms with van der Waals surface area (Å²) in [5.41, 5.74) is 0.745. The van der Waals surface area contributed by atoms with Gasteiger partial charge in [0.2, 0.25) is 0 Å². The average molecular weight is 157 g/mol. The van der Waals surface area contributed by atoms with E-state index in [0.29, 0.717) is 13.0 Å². The van der Waals surface area contributed by atoms with Crippen LogP contribution in [0.3, 0.4) is 0 Å². The minimum absolute atomic E-state index is 0.326. The Labute approximate surface area is 64.4 Å². The Kier molecular flexibility index (Phi) is 3.00. The number of nitrogens with zero attached hydrogens (tertiary/aromatic N) is 2. The van der Waals surface area contributed by atoms with E-state index in [-0.39, 0.29) is 0 Å². The van der Waals surface area contributed by atoms with E-state index in [1.54, 1.807) is 13.3 Å². The Morgan fingerprint density at radius 1 is 1.82 bits per heavy atom. The highest BCUT2D eigenvalue weighted by Crippen LogP contribution is 1.96. The van der Waals surface area contributed by atoms with Crippen LogP contribution >= 0.6 is 0 Å². The van der Waals surface area contributed by atoms with Gasteiger partial charge >= 0.3 is 0 Å². The molecule has 0 aromatic carbocycles. The van der Waals surface area contributed by atoms with Gasteiger partial charge in [0.05, 0.1) is 24.6 Å². The molecule has 0 saturated heterocycles. The molecular formula is C6H11N3O2. The summed E-state index contributed by atoms with van der Waals surface area (Å²) >= 11 is 0.